The number of rotatable bonds is 6. The number of piperidine rings is 1. The fourth-order valence-corrected chi connectivity index (χ4v) is 5.65. The summed E-state index contributed by atoms with van der Waals surface area (Å²) in [5.41, 5.74) is 1.27. The Morgan fingerprint density at radius 3 is 2.17 bits per heavy atom. The lowest BCUT2D eigenvalue weighted by atomic mass is 9.91. The van der Waals surface area contributed by atoms with Crippen molar-refractivity contribution in [3.05, 3.63) is 22.4 Å². The number of hydrogen-bond acceptors (Lipinski definition) is 5. The molecule has 1 aliphatic heterocycles. The third-order valence-corrected chi connectivity index (χ3v) is 8.88. The third-order valence-electron chi connectivity index (χ3n) is 4.30. The molecule has 0 atom stereocenters. The Labute approximate surface area is 138 Å². The van der Waals surface area contributed by atoms with Crippen LogP contribution in [0.1, 0.15) is 30.7 Å². The van der Waals surface area contributed by atoms with Crippen molar-refractivity contribution in [1.82, 2.24) is 4.90 Å². The average Bonchev–Trinajstić information content (AvgIpc) is 2.97. The third kappa shape index (κ3) is 4.31. The van der Waals surface area contributed by atoms with Crippen LogP contribution >= 0.6 is 26.5 Å². The first-order valence-corrected chi connectivity index (χ1v) is 11.3. The second kappa shape index (κ2) is 7.04. The van der Waals surface area contributed by atoms with E-state index in [0.29, 0.717) is 19.0 Å². The van der Waals surface area contributed by atoms with Gasteiger partial charge in [-0.25, -0.2) is 0 Å². The van der Waals surface area contributed by atoms with Crippen LogP contribution in [0.5, 0.6) is 0 Å². The van der Waals surface area contributed by atoms with Gasteiger partial charge < -0.3 is 29.6 Å². The van der Waals surface area contributed by atoms with Crippen LogP contribution in [-0.2, 0) is 9.13 Å². The Balaban J connectivity index is 1.93. The van der Waals surface area contributed by atoms with Gasteiger partial charge in [-0.3, -0.25) is 9.13 Å². The topological polar surface area (TPSA) is 139 Å². The highest BCUT2D eigenvalue weighted by Crippen LogP contribution is 2.68. The van der Waals surface area contributed by atoms with E-state index >= 15 is 0 Å². The van der Waals surface area contributed by atoms with Gasteiger partial charge in [-0.2, -0.15) is 11.3 Å². The van der Waals surface area contributed by atoms with Gasteiger partial charge in [0.25, 0.3) is 5.08 Å². The molecule has 1 fully saturated rings. The molecule has 2 heterocycles. The van der Waals surface area contributed by atoms with Crippen molar-refractivity contribution in [2.75, 3.05) is 19.6 Å². The Bertz CT molecular complexity index is 581. The number of thiophene rings is 1. The molecule has 8 nitrogen and oxygen atoms in total. The molecule has 0 radical (unpaired) electrons. The summed E-state index contributed by atoms with van der Waals surface area (Å²) < 4.78 is 22.6. The van der Waals surface area contributed by atoms with E-state index in [2.05, 4.69) is 11.4 Å². The van der Waals surface area contributed by atoms with Crippen molar-refractivity contribution in [2.24, 2.45) is 0 Å². The molecule has 0 amide bonds. The number of aliphatic hydroxyl groups is 1. The molecule has 1 saturated heterocycles. The van der Waals surface area contributed by atoms with Gasteiger partial charge >= 0.3 is 15.2 Å². The van der Waals surface area contributed by atoms with Crippen molar-refractivity contribution >= 4 is 26.5 Å². The Morgan fingerprint density at radius 1 is 1.17 bits per heavy atom. The molecule has 0 unspecified atom stereocenters. The quantitative estimate of drug-likeness (QED) is 0.462. The number of hydrogen-bond donors (Lipinski definition) is 5. The fraction of sp³-hybridized carbons (Fsp3) is 0.667. The smallest absolute Gasteiger partial charge is 0.367 e. The largest absolute Gasteiger partial charge is 0.369 e. The predicted octanol–water partition coefficient (Wildman–Crippen LogP) is 1.32. The first-order valence-electron chi connectivity index (χ1n) is 7.13. The van der Waals surface area contributed by atoms with Crippen LogP contribution in [0.25, 0.3) is 0 Å². The Morgan fingerprint density at radius 2 is 1.74 bits per heavy atom. The second-order valence-electron chi connectivity index (χ2n) is 5.78. The molecule has 2 rings (SSSR count). The maximum absolute atomic E-state index is 11.3. The summed E-state index contributed by atoms with van der Waals surface area (Å²) >= 11 is 1.63. The summed E-state index contributed by atoms with van der Waals surface area (Å²) in [6, 6.07) is 2.07. The van der Waals surface area contributed by atoms with Gasteiger partial charge in [-0.05, 0) is 54.2 Å². The van der Waals surface area contributed by atoms with Crippen molar-refractivity contribution in [1.29, 1.82) is 0 Å². The highest BCUT2D eigenvalue weighted by Gasteiger charge is 2.59. The summed E-state index contributed by atoms with van der Waals surface area (Å²) in [6.07, 6.45) is 1.05. The standard InChI is InChI=1S/C12H21NO7P2S/c14-12(21(15,16)17,22(18,19)20)4-7-13-5-1-10(2-6-13)11-3-8-23-9-11/h3,8-10,14H,1-2,4-7H2,(H2,15,16,17)(H2,18,19,20). The molecule has 0 bridgehead atoms. The zero-order valence-corrected chi connectivity index (χ0v) is 15.0. The van der Waals surface area contributed by atoms with Crippen LogP contribution in [0.4, 0.5) is 0 Å². The molecular weight excluding hydrogens is 364 g/mol. The lowest BCUT2D eigenvalue weighted by Crippen LogP contribution is -2.38. The summed E-state index contributed by atoms with van der Waals surface area (Å²) in [7, 11) is -10.7. The van der Waals surface area contributed by atoms with Gasteiger partial charge in [0.2, 0.25) is 0 Å². The van der Waals surface area contributed by atoms with Crippen LogP contribution < -0.4 is 0 Å². The fourth-order valence-electron chi connectivity index (χ4n) is 2.77. The normalized spacial score (nSPS) is 19.2. The maximum Gasteiger partial charge on any atom is 0.369 e. The number of nitrogens with zero attached hydrogens (tertiary/aromatic N) is 1. The van der Waals surface area contributed by atoms with Gasteiger partial charge in [-0.15, -0.1) is 0 Å². The molecule has 0 aliphatic carbocycles. The molecule has 5 N–H and O–H groups in total. The summed E-state index contributed by atoms with van der Waals surface area (Å²) in [4.78, 5) is 38.3. The molecule has 1 aromatic heterocycles. The van der Waals surface area contributed by atoms with E-state index in [9.17, 15) is 14.2 Å². The van der Waals surface area contributed by atoms with Gasteiger partial charge in [0.1, 0.15) is 0 Å². The van der Waals surface area contributed by atoms with Crippen LogP contribution in [0.15, 0.2) is 16.8 Å². The average molecular weight is 385 g/mol. The van der Waals surface area contributed by atoms with E-state index in [1.165, 1.54) is 5.56 Å². The molecule has 0 spiro atoms. The molecule has 0 saturated carbocycles. The molecule has 132 valence electrons. The molecule has 23 heavy (non-hydrogen) atoms. The van der Waals surface area contributed by atoms with E-state index in [1.807, 2.05) is 10.3 Å². The molecule has 0 aromatic carbocycles. The zero-order valence-electron chi connectivity index (χ0n) is 12.4. The van der Waals surface area contributed by atoms with Crippen LogP contribution in [-0.4, -0.2) is 54.3 Å². The molecule has 11 heteroatoms. The highest BCUT2D eigenvalue weighted by molar-refractivity contribution is 7.72. The SMILES string of the molecule is O=P(O)(O)C(O)(CCN1CCC(c2ccsc2)CC1)P(=O)(O)O. The summed E-state index contributed by atoms with van der Waals surface area (Å²) in [6.45, 7) is 1.32. The van der Waals surface area contributed by atoms with Gasteiger partial charge in [-0.1, -0.05) is 0 Å². The van der Waals surface area contributed by atoms with Crippen molar-refractivity contribution in [3.63, 3.8) is 0 Å². The minimum absolute atomic E-state index is 0.0169. The lowest BCUT2D eigenvalue weighted by Gasteiger charge is -2.35. The van der Waals surface area contributed by atoms with E-state index < -0.39 is 26.7 Å². The number of likely N-dealkylation sites (tertiary alicyclic amines) is 1. The van der Waals surface area contributed by atoms with E-state index in [1.54, 1.807) is 11.3 Å². The lowest BCUT2D eigenvalue weighted by molar-refractivity contribution is 0.102. The molecular formula is C12H21NO7P2S. The van der Waals surface area contributed by atoms with Gasteiger partial charge in [0.15, 0.2) is 0 Å². The van der Waals surface area contributed by atoms with Crippen molar-refractivity contribution in [3.8, 4) is 0 Å². The maximum atomic E-state index is 11.3. The first kappa shape index (κ1) is 19.2. The zero-order chi connectivity index (χ0) is 17.3. The van der Waals surface area contributed by atoms with Crippen LogP contribution in [0.3, 0.4) is 0 Å². The Hall–Kier alpha value is -0.0800. The monoisotopic (exact) mass is 385 g/mol. The minimum atomic E-state index is -5.36. The Kier molecular flexibility index (Phi) is 5.89. The van der Waals surface area contributed by atoms with E-state index in [0.717, 1.165) is 12.8 Å². The highest BCUT2D eigenvalue weighted by atomic mass is 32.1. The predicted molar refractivity (Wildman–Crippen MR) is 86.4 cm³/mol. The van der Waals surface area contributed by atoms with Gasteiger partial charge in [0.05, 0.1) is 0 Å². The molecule has 1 aromatic rings. The minimum Gasteiger partial charge on any atom is -0.367 e. The van der Waals surface area contributed by atoms with Crippen LogP contribution in [0.2, 0.25) is 0 Å². The summed E-state index contributed by atoms with van der Waals surface area (Å²) in [5.74, 6) is 0.431. The summed E-state index contributed by atoms with van der Waals surface area (Å²) in [5, 5.41) is 10.7. The van der Waals surface area contributed by atoms with E-state index in [-0.39, 0.29) is 6.54 Å². The van der Waals surface area contributed by atoms with Crippen molar-refractivity contribution < 1.29 is 33.8 Å². The molecule has 1 aliphatic rings. The van der Waals surface area contributed by atoms with Crippen LogP contribution in [0, 0.1) is 0 Å². The second-order valence-corrected chi connectivity index (χ2v) is 10.6. The van der Waals surface area contributed by atoms with Gasteiger partial charge in [0, 0.05) is 13.0 Å². The van der Waals surface area contributed by atoms with Crippen molar-refractivity contribution in [2.45, 2.75) is 30.3 Å². The first-order chi connectivity index (χ1) is 10.5. The van der Waals surface area contributed by atoms with E-state index in [4.69, 9.17) is 19.6 Å².